The second-order valence-corrected chi connectivity index (χ2v) is 3.95. The van der Waals surface area contributed by atoms with E-state index in [-0.39, 0.29) is 0 Å². The lowest BCUT2D eigenvalue weighted by Gasteiger charge is -2.05. The van der Waals surface area contributed by atoms with Gasteiger partial charge in [-0.3, -0.25) is 0 Å². The zero-order valence-electron chi connectivity index (χ0n) is 8.57. The molecule has 0 atom stereocenters. The molecular weight excluding hydrogens is 256 g/mol. The number of para-hydroxylation sites is 1. The molecule has 0 radical (unpaired) electrons. The molecule has 3 nitrogen and oxygen atoms in total. The van der Waals surface area contributed by atoms with Gasteiger partial charge < -0.3 is 4.74 Å². The van der Waals surface area contributed by atoms with E-state index < -0.39 is 0 Å². The molecule has 0 bridgehead atoms. The van der Waals surface area contributed by atoms with Crippen LogP contribution in [0.1, 0.15) is 5.69 Å². The van der Waals surface area contributed by atoms with E-state index in [1.807, 2.05) is 37.3 Å². The fourth-order valence-electron chi connectivity index (χ4n) is 1.41. The summed E-state index contributed by atoms with van der Waals surface area (Å²) in [6, 6.07) is 9.89. The topological polar surface area (TPSA) is 27.1 Å². The number of ether oxygens (including phenoxy) is 1. The van der Waals surface area contributed by atoms with Crippen molar-refractivity contribution in [3.63, 3.8) is 0 Å². The summed E-state index contributed by atoms with van der Waals surface area (Å²) < 4.78 is 7.98. The Balaban J connectivity index is 2.58. The molecule has 0 aliphatic rings. The lowest BCUT2D eigenvalue weighted by molar-refractivity contribution is 0.381. The highest BCUT2D eigenvalue weighted by molar-refractivity contribution is 9.10. The lowest BCUT2D eigenvalue weighted by Crippen LogP contribution is -1.99. The van der Waals surface area contributed by atoms with E-state index in [1.54, 1.807) is 11.8 Å². The van der Waals surface area contributed by atoms with Gasteiger partial charge in [0.15, 0.2) is 0 Å². The highest BCUT2D eigenvalue weighted by Crippen LogP contribution is 2.30. The molecule has 0 amide bonds. The summed E-state index contributed by atoms with van der Waals surface area (Å²) in [7, 11) is 1.64. The van der Waals surface area contributed by atoms with Gasteiger partial charge in [0, 0.05) is 0 Å². The molecular formula is C11H11BrN2O. The van der Waals surface area contributed by atoms with Crippen LogP contribution < -0.4 is 4.74 Å². The van der Waals surface area contributed by atoms with Crippen molar-refractivity contribution in [3.8, 4) is 11.6 Å². The number of rotatable bonds is 2. The minimum atomic E-state index is 0.721. The fourth-order valence-corrected chi connectivity index (χ4v) is 1.82. The third kappa shape index (κ3) is 1.77. The number of hydrogen-bond donors (Lipinski definition) is 0. The fraction of sp³-hybridized carbons (Fsp3) is 0.182. The Bertz CT molecular complexity index is 465. The number of halogens is 1. The van der Waals surface area contributed by atoms with E-state index in [1.165, 1.54) is 0 Å². The van der Waals surface area contributed by atoms with E-state index in [9.17, 15) is 0 Å². The van der Waals surface area contributed by atoms with Crippen LogP contribution in [-0.4, -0.2) is 16.9 Å². The van der Waals surface area contributed by atoms with Crippen molar-refractivity contribution in [3.05, 3.63) is 40.5 Å². The predicted molar refractivity (Wildman–Crippen MR) is 62.6 cm³/mol. The Morgan fingerprint density at radius 3 is 2.53 bits per heavy atom. The smallest absolute Gasteiger partial charge is 0.231 e. The molecule has 1 aromatic carbocycles. The Kier molecular flexibility index (Phi) is 2.77. The third-order valence-corrected chi connectivity index (χ3v) is 3.05. The van der Waals surface area contributed by atoms with Gasteiger partial charge in [-0.25, -0.2) is 0 Å². The summed E-state index contributed by atoms with van der Waals surface area (Å²) in [5.41, 5.74) is 1.90. The second-order valence-electron chi connectivity index (χ2n) is 3.16. The van der Waals surface area contributed by atoms with Crippen LogP contribution in [0.3, 0.4) is 0 Å². The number of benzene rings is 1. The van der Waals surface area contributed by atoms with E-state index >= 15 is 0 Å². The average Bonchev–Trinajstić information content (AvgIpc) is 2.56. The second kappa shape index (κ2) is 4.06. The van der Waals surface area contributed by atoms with Gasteiger partial charge >= 0.3 is 0 Å². The van der Waals surface area contributed by atoms with E-state index in [0.717, 1.165) is 21.7 Å². The first-order valence-corrected chi connectivity index (χ1v) is 5.38. The van der Waals surface area contributed by atoms with Crippen molar-refractivity contribution in [1.82, 2.24) is 9.78 Å². The van der Waals surface area contributed by atoms with Gasteiger partial charge in [-0.2, -0.15) is 9.78 Å². The average molecular weight is 267 g/mol. The van der Waals surface area contributed by atoms with E-state index in [2.05, 4.69) is 21.0 Å². The molecule has 15 heavy (non-hydrogen) atoms. The first kappa shape index (κ1) is 10.2. The normalized spacial score (nSPS) is 10.3. The van der Waals surface area contributed by atoms with Gasteiger partial charge in [-0.1, -0.05) is 18.2 Å². The number of nitrogens with zero attached hydrogens (tertiary/aromatic N) is 2. The lowest BCUT2D eigenvalue weighted by atomic mass is 10.3. The van der Waals surface area contributed by atoms with Crippen molar-refractivity contribution in [2.24, 2.45) is 0 Å². The summed E-state index contributed by atoms with van der Waals surface area (Å²) in [6.45, 7) is 1.94. The predicted octanol–water partition coefficient (Wildman–Crippen LogP) is 2.95. The third-order valence-electron chi connectivity index (χ3n) is 2.14. The zero-order valence-corrected chi connectivity index (χ0v) is 10.2. The Morgan fingerprint density at radius 2 is 1.93 bits per heavy atom. The van der Waals surface area contributed by atoms with Gasteiger partial charge in [0.25, 0.3) is 0 Å². The molecule has 0 aliphatic carbocycles. The van der Waals surface area contributed by atoms with Crippen molar-refractivity contribution in [2.45, 2.75) is 6.92 Å². The summed E-state index contributed by atoms with van der Waals surface area (Å²) in [6.07, 6.45) is 0. The Hall–Kier alpha value is -1.29. The Labute approximate surface area is 96.8 Å². The number of aryl methyl sites for hydroxylation is 1. The van der Waals surface area contributed by atoms with Crippen LogP contribution in [-0.2, 0) is 0 Å². The van der Waals surface area contributed by atoms with Crippen LogP contribution in [0, 0.1) is 6.92 Å². The van der Waals surface area contributed by atoms with E-state index in [0.29, 0.717) is 0 Å². The molecule has 2 rings (SSSR count). The van der Waals surface area contributed by atoms with Gasteiger partial charge in [-0.15, -0.1) is 0 Å². The largest absolute Gasteiger partial charge is 0.480 e. The Morgan fingerprint density at radius 1 is 1.27 bits per heavy atom. The molecule has 0 unspecified atom stereocenters. The van der Waals surface area contributed by atoms with Crippen LogP contribution in [0.5, 0.6) is 5.88 Å². The molecule has 1 aromatic heterocycles. The highest BCUT2D eigenvalue weighted by atomic mass is 79.9. The van der Waals surface area contributed by atoms with Crippen LogP contribution in [0.25, 0.3) is 5.69 Å². The summed E-state index contributed by atoms with van der Waals surface area (Å²) in [5.74, 6) is 0.721. The first-order chi connectivity index (χ1) is 7.24. The van der Waals surface area contributed by atoms with Crippen molar-refractivity contribution >= 4 is 15.9 Å². The van der Waals surface area contributed by atoms with Gasteiger partial charge in [0.1, 0.15) is 4.47 Å². The summed E-state index contributed by atoms with van der Waals surface area (Å²) in [4.78, 5) is 0. The number of methoxy groups -OCH3 is 1. The van der Waals surface area contributed by atoms with Crippen LogP contribution in [0.15, 0.2) is 34.8 Å². The molecule has 1 heterocycles. The minimum Gasteiger partial charge on any atom is -0.480 e. The molecule has 0 saturated carbocycles. The SMILES string of the molecule is COc1c(Br)c(C)nn1-c1ccccc1. The van der Waals surface area contributed by atoms with Crippen LogP contribution >= 0.6 is 15.9 Å². The van der Waals surface area contributed by atoms with Crippen molar-refractivity contribution in [1.29, 1.82) is 0 Å². The van der Waals surface area contributed by atoms with Gasteiger partial charge in [-0.05, 0) is 35.0 Å². The first-order valence-electron chi connectivity index (χ1n) is 4.58. The summed E-state index contributed by atoms with van der Waals surface area (Å²) in [5, 5.41) is 4.40. The molecule has 78 valence electrons. The zero-order chi connectivity index (χ0) is 10.8. The van der Waals surface area contributed by atoms with Crippen LogP contribution in [0.4, 0.5) is 0 Å². The van der Waals surface area contributed by atoms with Crippen molar-refractivity contribution in [2.75, 3.05) is 7.11 Å². The van der Waals surface area contributed by atoms with Crippen LogP contribution in [0.2, 0.25) is 0 Å². The molecule has 2 aromatic rings. The molecule has 0 fully saturated rings. The summed E-state index contributed by atoms with van der Waals surface area (Å²) >= 11 is 3.45. The number of aromatic nitrogens is 2. The maximum atomic E-state index is 5.30. The van der Waals surface area contributed by atoms with Gasteiger partial charge in [0.2, 0.25) is 5.88 Å². The molecule has 0 N–H and O–H groups in total. The standard InChI is InChI=1S/C11H11BrN2O/c1-8-10(12)11(15-2)14(13-8)9-6-4-3-5-7-9/h3-7H,1-2H3. The molecule has 0 saturated heterocycles. The monoisotopic (exact) mass is 266 g/mol. The molecule has 0 aliphatic heterocycles. The van der Waals surface area contributed by atoms with Crippen molar-refractivity contribution < 1.29 is 4.74 Å². The maximum absolute atomic E-state index is 5.30. The highest BCUT2D eigenvalue weighted by Gasteiger charge is 2.14. The van der Waals surface area contributed by atoms with E-state index in [4.69, 9.17) is 4.74 Å². The minimum absolute atomic E-state index is 0.721. The maximum Gasteiger partial charge on any atom is 0.231 e. The molecule has 0 spiro atoms. The quantitative estimate of drug-likeness (QED) is 0.836. The van der Waals surface area contributed by atoms with Gasteiger partial charge in [0.05, 0.1) is 18.5 Å². The molecule has 4 heteroatoms. The number of hydrogen-bond acceptors (Lipinski definition) is 2.